The lowest BCUT2D eigenvalue weighted by molar-refractivity contribution is -0.122. The predicted octanol–water partition coefficient (Wildman–Crippen LogP) is 3.50. The van der Waals surface area contributed by atoms with E-state index in [2.05, 4.69) is 9.73 Å². The maximum Gasteiger partial charge on any atom is 0.338 e. The van der Waals surface area contributed by atoms with E-state index in [1.807, 2.05) is 0 Å². The topological polar surface area (TPSA) is 117 Å². The van der Waals surface area contributed by atoms with Gasteiger partial charge in [0.2, 0.25) is 0 Å². The van der Waals surface area contributed by atoms with Gasteiger partial charge in [0.25, 0.3) is 5.91 Å². The largest absolute Gasteiger partial charge is 0.508 e. The van der Waals surface area contributed by atoms with E-state index in [-0.39, 0.29) is 22.9 Å². The number of hydrogen-bond donors (Lipinski definition) is 2. The van der Waals surface area contributed by atoms with Gasteiger partial charge in [0.1, 0.15) is 5.75 Å². The number of aliphatic imine (C=N–C) groups is 1. The summed E-state index contributed by atoms with van der Waals surface area (Å²) in [4.78, 5) is 42.0. The summed E-state index contributed by atoms with van der Waals surface area (Å²) < 4.78 is 4.67. The van der Waals surface area contributed by atoms with Crippen LogP contribution < -0.4 is 0 Å². The predicted molar refractivity (Wildman–Crippen MR) is 113 cm³/mol. The lowest BCUT2D eigenvalue weighted by atomic mass is 10.1. The van der Waals surface area contributed by atoms with Gasteiger partial charge in [-0.1, -0.05) is 12.1 Å². The summed E-state index contributed by atoms with van der Waals surface area (Å²) in [7, 11) is 1.30. The van der Waals surface area contributed by atoms with Crippen molar-refractivity contribution < 1.29 is 29.3 Å². The number of amidine groups is 1. The standard InChI is InChI=1S/C21H18N2O6S/c1-3-23-18(25)17(10-12-4-6-13(7-5-12)20(28)29-2)30-21(23)22-16-9-8-14(24)11-15(16)19(26)27/h4-11,24H,3H2,1-2H3,(H,26,27)/b17-10-,22-21?. The first-order valence-electron chi connectivity index (χ1n) is 8.88. The number of hydrogen-bond acceptors (Lipinski definition) is 7. The number of carbonyl (C=O) groups excluding carboxylic acids is 2. The van der Waals surface area contributed by atoms with Gasteiger partial charge in [-0.15, -0.1) is 0 Å². The highest BCUT2D eigenvalue weighted by Crippen LogP contribution is 2.35. The Morgan fingerprint density at radius 2 is 1.90 bits per heavy atom. The molecule has 30 heavy (non-hydrogen) atoms. The smallest absolute Gasteiger partial charge is 0.338 e. The molecule has 0 saturated carbocycles. The minimum absolute atomic E-state index is 0.137. The van der Waals surface area contributed by atoms with Crippen LogP contribution in [0.3, 0.4) is 0 Å². The van der Waals surface area contributed by atoms with Gasteiger partial charge in [-0.3, -0.25) is 9.69 Å². The number of benzene rings is 2. The van der Waals surface area contributed by atoms with Gasteiger partial charge in [-0.25, -0.2) is 14.6 Å². The second-order valence-electron chi connectivity index (χ2n) is 6.17. The van der Waals surface area contributed by atoms with Crippen molar-refractivity contribution in [1.82, 2.24) is 4.90 Å². The zero-order valence-corrected chi connectivity index (χ0v) is 17.0. The molecule has 1 saturated heterocycles. The lowest BCUT2D eigenvalue weighted by Gasteiger charge is -2.12. The molecule has 1 fully saturated rings. The van der Waals surface area contributed by atoms with Crippen LogP contribution in [0.1, 0.15) is 33.2 Å². The molecule has 0 aromatic heterocycles. The molecule has 154 valence electrons. The third-order valence-corrected chi connectivity index (χ3v) is 5.27. The van der Waals surface area contributed by atoms with Gasteiger partial charge in [0.05, 0.1) is 28.8 Å². The Hall–Kier alpha value is -3.59. The van der Waals surface area contributed by atoms with Crippen molar-refractivity contribution in [3.05, 3.63) is 64.1 Å². The van der Waals surface area contributed by atoms with Crippen molar-refractivity contribution in [3.63, 3.8) is 0 Å². The SMILES string of the molecule is CCN1C(=O)/C(=C/c2ccc(C(=O)OC)cc2)SC1=Nc1ccc(O)cc1C(=O)O. The summed E-state index contributed by atoms with van der Waals surface area (Å²) in [6, 6.07) is 10.4. The molecule has 1 heterocycles. The normalized spacial score (nSPS) is 16.3. The van der Waals surface area contributed by atoms with Gasteiger partial charge < -0.3 is 14.9 Å². The van der Waals surface area contributed by atoms with Crippen molar-refractivity contribution in [2.45, 2.75) is 6.92 Å². The van der Waals surface area contributed by atoms with Crippen molar-refractivity contribution in [3.8, 4) is 5.75 Å². The van der Waals surface area contributed by atoms with E-state index < -0.39 is 11.9 Å². The second-order valence-corrected chi connectivity index (χ2v) is 7.18. The molecule has 1 aliphatic heterocycles. The first-order chi connectivity index (χ1) is 14.3. The number of thioether (sulfide) groups is 1. The highest BCUT2D eigenvalue weighted by atomic mass is 32.2. The monoisotopic (exact) mass is 426 g/mol. The first kappa shape index (κ1) is 21.1. The van der Waals surface area contributed by atoms with E-state index >= 15 is 0 Å². The van der Waals surface area contributed by atoms with Gasteiger partial charge in [0.15, 0.2) is 5.17 Å². The lowest BCUT2D eigenvalue weighted by Crippen LogP contribution is -2.28. The molecule has 2 aromatic rings. The van der Waals surface area contributed by atoms with Crippen LogP contribution in [0.25, 0.3) is 6.08 Å². The number of carboxylic acid groups (broad SMARTS) is 1. The fourth-order valence-corrected chi connectivity index (χ4v) is 3.81. The van der Waals surface area contributed by atoms with Crippen molar-refractivity contribution in [2.75, 3.05) is 13.7 Å². The van der Waals surface area contributed by atoms with Crippen LogP contribution in [0.15, 0.2) is 52.4 Å². The molecule has 0 bridgehead atoms. The highest BCUT2D eigenvalue weighted by molar-refractivity contribution is 8.18. The summed E-state index contributed by atoms with van der Waals surface area (Å²) in [5, 5.41) is 19.2. The minimum Gasteiger partial charge on any atom is -0.508 e. The number of carboxylic acids is 1. The number of phenolic OH excluding ortho intramolecular Hbond substituents is 1. The third kappa shape index (κ3) is 4.36. The molecule has 0 aliphatic carbocycles. The number of aromatic hydroxyl groups is 1. The van der Waals surface area contributed by atoms with Crippen molar-refractivity contribution >= 4 is 46.5 Å². The van der Waals surface area contributed by atoms with E-state index in [9.17, 15) is 24.6 Å². The Kier molecular flexibility index (Phi) is 6.22. The maximum atomic E-state index is 12.8. The zero-order chi connectivity index (χ0) is 21.8. The van der Waals surface area contributed by atoms with Crippen LogP contribution in [0.2, 0.25) is 0 Å². The molecule has 9 heteroatoms. The van der Waals surface area contributed by atoms with Crippen LogP contribution in [0.5, 0.6) is 5.75 Å². The number of rotatable bonds is 5. The number of esters is 1. The molecule has 0 unspecified atom stereocenters. The molecule has 0 radical (unpaired) electrons. The fraction of sp³-hybridized carbons (Fsp3) is 0.143. The Bertz CT molecular complexity index is 1080. The molecule has 2 aromatic carbocycles. The Balaban J connectivity index is 1.94. The van der Waals surface area contributed by atoms with E-state index in [1.54, 1.807) is 37.3 Å². The van der Waals surface area contributed by atoms with E-state index in [1.165, 1.54) is 24.1 Å². The number of methoxy groups -OCH3 is 1. The number of phenols is 1. The van der Waals surface area contributed by atoms with E-state index in [0.29, 0.717) is 27.7 Å². The van der Waals surface area contributed by atoms with Crippen LogP contribution in [0, 0.1) is 0 Å². The molecule has 8 nitrogen and oxygen atoms in total. The third-order valence-electron chi connectivity index (χ3n) is 4.26. The van der Waals surface area contributed by atoms with Gasteiger partial charge >= 0.3 is 11.9 Å². The second kappa shape index (κ2) is 8.83. The van der Waals surface area contributed by atoms with Crippen LogP contribution in [0.4, 0.5) is 5.69 Å². The van der Waals surface area contributed by atoms with Crippen LogP contribution in [-0.2, 0) is 9.53 Å². The quantitative estimate of drug-likeness (QED) is 0.555. The van der Waals surface area contributed by atoms with Gasteiger partial charge in [-0.05, 0) is 60.7 Å². The van der Waals surface area contributed by atoms with E-state index in [4.69, 9.17) is 0 Å². The number of aromatic carboxylic acids is 1. The summed E-state index contributed by atoms with van der Waals surface area (Å²) >= 11 is 1.12. The number of ether oxygens (including phenoxy) is 1. The molecule has 0 spiro atoms. The average Bonchev–Trinajstić information content (AvgIpc) is 3.03. The Morgan fingerprint density at radius 3 is 2.50 bits per heavy atom. The molecule has 1 amide bonds. The summed E-state index contributed by atoms with van der Waals surface area (Å²) in [6.07, 6.45) is 1.67. The molecule has 1 aliphatic rings. The fourth-order valence-electron chi connectivity index (χ4n) is 2.75. The maximum absolute atomic E-state index is 12.8. The van der Waals surface area contributed by atoms with Crippen LogP contribution in [-0.4, -0.2) is 51.8 Å². The number of amides is 1. The average molecular weight is 426 g/mol. The van der Waals surface area contributed by atoms with E-state index in [0.717, 1.165) is 17.8 Å². The Morgan fingerprint density at radius 1 is 1.20 bits per heavy atom. The Labute approximate surface area is 176 Å². The van der Waals surface area contributed by atoms with Crippen LogP contribution >= 0.6 is 11.8 Å². The first-order valence-corrected chi connectivity index (χ1v) is 9.70. The molecular weight excluding hydrogens is 408 g/mol. The summed E-state index contributed by atoms with van der Waals surface area (Å²) in [5.74, 6) is -2.12. The van der Waals surface area contributed by atoms with Crippen molar-refractivity contribution in [1.29, 1.82) is 0 Å². The zero-order valence-electron chi connectivity index (χ0n) is 16.2. The number of carbonyl (C=O) groups is 3. The van der Waals surface area contributed by atoms with Crippen molar-refractivity contribution in [2.24, 2.45) is 4.99 Å². The number of likely N-dealkylation sites (N-methyl/N-ethyl adjacent to an activating group) is 1. The molecule has 0 atom stereocenters. The van der Waals surface area contributed by atoms with Gasteiger partial charge in [-0.2, -0.15) is 0 Å². The molecular formula is C21H18N2O6S. The summed E-state index contributed by atoms with van der Waals surface area (Å²) in [5.41, 5.74) is 1.09. The summed E-state index contributed by atoms with van der Waals surface area (Å²) in [6.45, 7) is 2.14. The minimum atomic E-state index is -1.23. The molecule has 2 N–H and O–H groups in total. The van der Waals surface area contributed by atoms with Gasteiger partial charge in [0, 0.05) is 6.54 Å². The molecule has 3 rings (SSSR count). The number of nitrogens with zero attached hydrogens (tertiary/aromatic N) is 2. The highest BCUT2D eigenvalue weighted by Gasteiger charge is 2.32.